The van der Waals surface area contributed by atoms with Crippen molar-refractivity contribution in [1.29, 1.82) is 0 Å². The number of benzene rings is 3. The van der Waals surface area contributed by atoms with E-state index in [1.807, 2.05) is 61.5 Å². The van der Waals surface area contributed by atoms with Crippen LogP contribution in [0.15, 0.2) is 82.7 Å². The van der Waals surface area contributed by atoms with Crippen LogP contribution in [0.5, 0.6) is 5.88 Å². The molecule has 1 aliphatic heterocycles. The highest BCUT2D eigenvalue weighted by molar-refractivity contribution is 7.89. The molecule has 10 heteroatoms. The zero-order valence-electron chi connectivity index (χ0n) is 22.9. The number of hydrogen-bond donors (Lipinski definition) is 4. The van der Waals surface area contributed by atoms with E-state index in [0.717, 1.165) is 49.7 Å². The van der Waals surface area contributed by atoms with Gasteiger partial charge < -0.3 is 25.2 Å². The van der Waals surface area contributed by atoms with Crippen molar-refractivity contribution in [1.82, 2.24) is 19.9 Å². The number of H-pyrrole nitrogens is 1. The fourth-order valence-electron chi connectivity index (χ4n) is 4.90. The molecule has 3 aromatic carbocycles. The van der Waals surface area contributed by atoms with Crippen LogP contribution in [0.3, 0.4) is 0 Å². The third-order valence-electron chi connectivity index (χ3n) is 6.99. The molecular formula is C30H36N6O3S. The zero-order chi connectivity index (χ0) is 28.1. The fraction of sp³-hybridized carbons (Fsp3) is 0.300. The van der Waals surface area contributed by atoms with E-state index in [0.29, 0.717) is 35.1 Å². The highest BCUT2D eigenvalue weighted by Crippen LogP contribution is 2.33. The molecule has 2 heterocycles. The summed E-state index contributed by atoms with van der Waals surface area (Å²) in [6, 6.07) is 22.5. The van der Waals surface area contributed by atoms with Crippen molar-refractivity contribution in [3.8, 4) is 5.88 Å². The van der Waals surface area contributed by atoms with Crippen molar-refractivity contribution in [2.45, 2.75) is 11.3 Å². The molecule has 1 saturated heterocycles. The third kappa shape index (κ3) is 6.37. The largest absolute Gasteiger partial charge is 0.494 e. The molecule has 0 unspecified atom stereocenters. The van der Waals surface area contributed by atoms with Crippen LogP contribution in [0.1, 0.15) is 17.5 Å². The number of rotatable bonds is 10. The summed E-state index contributed by atoms with van der Waals surface area (Å²) in [5, 5.41) is 15.0. The van der Waals surface area contributed by atoms with E-state index in [1.165, 1.54) is 0 Å². The lowest BCUT2D eigenvalue weighted by Crippen LogP contribution is -2.43. The molecule has 4 N–H and O–H groups in total. The molecule has 1 aliphatic rings. The Bertz CT molecular complexity index is 1580. The molecule has 1 fully saturated rings. The highest BCUT2D eigenvalue weighted by Gasteiger charge is 2.22. The van der Waals surface area contributed by atoms with Gasteiger partial charge in [-0.1, -0.05) is 30.3 Å². The first-order chi connectivity index (χ1) is 19.3. The summed E-state index contributed by atoms with van der Waals surface area (Å²) in [7, 11) is 0.172. The van der Waals surface area contributed by atoms with Crippen molar-refractivity contribution in [2.75, 3.05) is 58.3 Å². The van der Waals surface area contributed by atoms with Gasteiger partial charge in [-0.25, -0.2) is 18.1 Å². The van der Waals surface area contributed by atoms with E-state index in [9.17, 15) is 13.5 Å². The maximum absolute atomic E-state index is 13.1. The molecule has 9 nitrogen and oxygen atoms in total. The molecule has 0 atom stereocenters. The van der Waals surface area contributed by atoms with Gasteiger partial charge in [0.15, 0.2) is 5.88 Å². The Morgan fingerprint density at radius 3 is 2.45 bits per heavy atom. The van der Waals surface area contributed by atoms with Crippen LogP contribution >= 0.6 is 0 Å². The molecule has 0 bridgehead atoms. The van der Waals surface area contributed by atoms with Gasteiger partial charge in [-0.2, -0.15) is 0 Å². The van der Waals surface area contributed by atoms with Gasteiger partial charge in [-0.15, -0.1) is 0 Å². The molecule has 40 heavy (non-hydrogen) atoms. The molecule has 0 saturated carbocycles. The van der Waals surface area contributed by atoms with Gasteiger partial charge in [0.25, 0.3) is 0 Å². The van der Waals surface area contributed by atoms with Crippen LogP contribution in [0.4, 0.5) is 11.4 Å². The Labute approximate surface area is 235 Å². The van der Waals surface area contributed by atoms with Gasteiger partial charge in [-0.3, -0.25) is 0 Å². The SMILES string of the molecule is CN(C)CCCNS(=O)(=O)c1ccc2[nH]c(O)c(C(=Nc3ccc(N4CCNCC4)cc3)c3ccccc3)c2c1. The lowest BCUT2D eigenvalue weighted by atomic mass is 10.0. The number of aromatic hydroxyl groups is 1. The predicted molar refractivity (Wildman–Crippen MR) is 162 cm³/mol. The van der Waals surface area contributed by atoms with Gasteiger partial charge in [0, 0.05) is 54.9 Å². The monoisotopic (exact) mass is 560 g/mol. The maximum Gasteiger partial charge on any atom is 0.240 e. The van der Waals surface area contributed by atoms with Crippen LogP contribution in [-0.4, -0.2) is 82.5 Å². The van der Waals surface area contributed by atoms with Crippen molar-refractivity contribution in [3.63, 3.8) is 0 Å². The van der Waals surface area contributed by atoms with Crippen molar-refractivity contribution in [2.24, 2.45) is 4.99 Å². The summed E-state index contributed by atoms with van der Waals surface area (Å²) in [5.41, 5.74) is 4.31. The van der Waals surface area contributed by atoms with Crippen molar-refractivity contribution >= 4 is 38.0 Å². The topological polar surface area (TPSA) is 113 Å². The molecule has 0 aliphatic carbocycles. The summed E-state index contributed by atoms with van der Waals surface area (Å²) in [5.74, 6) is -0.0662. The minimum atomic E-state index is -3.73. The average molecular weight is 561 g/mol. The summed E-state index contributed by atoms with van der Waals surface area (Å²) in [4.78, 5) is 12.5. The Morgan fingerprint density at radius 2 is 1.75 bits per heavy atom. The Kier molecular flexibility index (Phi) is 8.51. The number of nitrogens with one attached hydrogen (secondary N) is 3. The number of aromatic nitrogens is 1. The molecule has 0 radical (unpaired) electrons. The first kappa shape index (κ1) is 27.9. The minimum absolute atomic E-state index is 0.0662. The van der Waals surface area contributed by atoms with Gasteiger partial charge in [0.05, 0.1) is 21.9 Å². The molecule has 1 aromatic heterocycles. The van der Waals surface area contributed by atoms with Gasteiger partial charge >= 0.3 is 0 Å². The quantitative estimate of drug-likeness (QED) is 0.174. The molecule has 4 aromatic rings. The van der Waals surface area contributed by atoms with Gasteiger partial charge in [0.2, 0.25) is 10.0 Å². The first-order valence-electron chi connectivity index (χ1n) is 13.5. The van der Waals surface area contributed by atoms with Crippen LogP contribution in [0.25, 0.3) is 10.9 Å². The number of anilines is 1. The number of sulfonamides is 1. The number of piperazine rings is 1. The maximum atomic E-state index is 13.1. The lowest BCUT2D eigenvalue weighted by Gasteiger charge is -2.29. The first-order valence-corrected chi connectivity index (χ1v) is 15.0. The second-order valence-corrected chi connectivity index (χ2v) is 12.0. The summed E-state index contributed by atoms with van der Waals surface area (Å²) in [6.45, 7) is 4.95. The van der Waals surface area contributed by atoms with Crippen LogP contribution in [0, 0.1) is 0 Å². The zero-order valence-corrected chi connectivity index (χ0v) is 23.7. The third-order valence-corrected chi connectivity index (χ3v) is 8.45. The van der Waals surface area contributed by atoms with Crippen LogP contribution < -0.4 is 14.9 Å². The summed E-state index contributed by atoms with van der Waals surface area (Å²) in [6.07, 6.45) is 0.697. The van der Waals surface area contributed by atoms with Crippen molar-refractivity contribution < 1.29 is 13.5 Å². The number of aromatic amines is 1. The summed E-state index contributed by atoms with van der Waals surface area (Å²) >= 11 is 0. The van der Waals surface area contributed by atoms with Crippen molar-refractivity contribution in [3.05, 3.63) is 83.9 Å². The van der Waals surface area contributed by atoms with Crippen LogP contribution in [-0.2, 0) is 10.0 Å². The van der Waals surface area contributed by atoms with E-state index < -0.39 is 10.0 Å². The average Bonchev–Trinajstić information content (AvgIpc) is 3.30. The normalized spacial score (nSPS) is 14.8. The van der Waals surface area contributed by atoms with Crippen LogP contribution in [0.2, 0.25) is 0 Å². The molecule has 0 spiro atoms. The number of nitrogens with zero attached hydrogens (tertiary/aromatic N) is 3. The second kappa shape index (κ2) is 12.2. The number of fused-ring (bicyclic) bond motifs is 1. The number of hydrogen-bond acceptors (Lipinski definition) is 7. The van der Waals surface area contributed by atoms with Gasteiger partial charge in [0.1, 0.15) is 0 Å². The van der Waals surface area contributed by atoms with E-state index >= 15 is 0 Å². The predicted octanol–water partition coefficient (Wildman–Crippen LogP) is 3.68. The van der Waals surface area contributed by atoms with E-state index in [2.05, 4.69) is 32.1 Å². The molecule has 0 amide bonds. The molecular weight excluding hydrogens is 524 g/mol. The second-order valence-electron chi connectivity index (χ2n) is 10.2. The number of aliphatic imine (C=N–C) groups is 1. The Morgan fingerprint density at radius 1 is 1.02 bits per heavy atom. The Hall–Kier alpha value is -3.70. The fourth-order valence-corrected chi connectivity index (χ4v) is 6.00. The van der Waals surface area contributed by atoms with E-state index in [-0.39, 0.29) is 10.8 Å². The van der Waals surface area contributed by atoms with E-state index in [1.54, 1.807) is 18.2 Å². The highest BCUT2D eigenvalue weighted by atomic mass is 32.2. The summed E-state index contributed by atoms with van der Waals surface area (Å²) < 4.78 is 28.9. The van der Waals surface area contributed by atoms with Gasteiger partial charge in [-0.05, 0) is 69.5 Å². The Balaban J connectivity index is 1.53. The van der Waals surface area contributed by atoms with E-state index in [4.69, 9.17) is 4.99 Å². The standard InChI is InChI=1S/C30H36N6O3S/c1-35(2)18-6-15-32-40(38,39)25-13-14-27-26(21-25)28(30(37)34-27)29(22-7-4-3-5-8-22)33-23-9-11-24(12-10-23)36-19-16-31-17-20-36/h3-5,7-14,21,31-32,34,37H,6,15-20H2,1-2H3. The molecule has 210 valence electrons. The smallest absolute Gasteiger partial charge is 0.240 e. The minimum Gasteiger partial charge on any atom is -0.494 e. The molecule has 5 rings (SSSR count). The lowest BCUT2D eigenvalue weighted by molar-refractivity contribution is 0.400.